The predicted molar refractivity (Wildman–Crippen MR) is 87.7 cm³/mol. The normalized spacial score (nSPS) is 28.4. The molecule has 0 bridgehead atoms. The molecule has 7 heteroatoms. The number of aliphatic hydroxyl groups excluding tert-OH is 1. The van der Waals surface area contributed by atoms with Crippen molar-refractivity contribution in [1.82, 2.24) is 14.5 Å². The number of nitrogens with zero attached hydrogens (tertiary/aromatic N) is 3. The van der Waals surface area contributed by atoms with E-state index in [9.17, 15) is 5.11 Å². The number of oxazole rings is 1. The van der Waals surface area contributed by atoms with Crippen LogP contribution in [0.25, 0.3) is 23.0 Å². The minimum atomic E-state index is -0.571. The zero-order chi connectivity index (χ0) is 16.8. The average molecular weight is 339 g/mol. The summed E-state index contributed by atoms with van der Waals surface area (Å²) in [5, 5.41) is 9.93. The monoisotopic (exact) mass is 339 g/mol. The maximum absolute atomic E-state index is 9.93. The number of imidazole rings is 1. The molecule has 2 saturated heterocycles. The van der Waals surface area contributed by atoms with Crippen LogP contribution in [-0.2, 0) is 9.47 Å². The highest BCUT2D eigenvalue weighted by Gasteiger charge is 2.48. The zero-order valence-corrected chi connectivity index (χ0v) is 13.4. The van der Waals surface area contributed by atoms with Crippen LogP contribution in [0.3, 0.4) is 0 Å². The van der Waals surface area contributed by atoms with Gasteiger partial charge in [-0.3, -0.25) is 0 Å². The number of aromatic nitrogens is 3. The Balaban J connectivity index is 1.47. The van der Waals surface area contributed by atoms with Crippen LogP contribution in [-0.4, -0.2) is 51.2 Å². The summed E-state index contributed by atoms with van der Waals surface area (Å²) in [5.74, 6) is 1.25. The first-order valence-electron chi connectivity index (χ1n) is 8.26. The van der Waals surface area contributed by atoms with E-state index >= 15 is 0 Å². The van der Waals surface area contributed by atoms with E-state index in [1.54, 1.807) is 12.5 Å². The molecule has 2 fully saturated rings. The molecule has 2 aliphatic heterocycles. The van der Waals surface area contributed by atoms with Crippen molar-refractivity contribution in [2.75, 3.05) is 13.2 Å². The van der Waals surface area contributed by atoms with Gasteiger partial charge in [-0.15, -0.1) is 0 Å². The summed E-state index contributed by atoms with van der Waals surface area (Å²) < 4.78 is 19.1. The van der Waals surface area contributed by atoms with Crippen molar-refractivity contribution in [3.8, 4) is 23.0 Å². The molecular formula is C18H17N3O4. The largest absolute Gasteiger partial charge is 0.444 e. The van der Waals surface area contributed by atoms with Crippen molar-refractivity contribution in [3.05, 3.63) is 49.0 Å². The second-order valence-electron chi connectivity index (χ2n) is 6.29. The fourth-order valence-corrected chi connectivity index (χ4v) is 3.57. The van der Waals surface area contributed by atoms with Crippen molar-refractivity contribution in [1.29, 1.82) is 0 Å². The Kier molecular flexibility index (Phi) is 3.44. The average Bonchev–Trinajstić information content (AvgIpc) is 3.41. The lowest BCUT2D eigenvalue weighted by Gasteiger charge is -2.18. The first kappa shape index (κ1) is 14.8. The quantitative estimate of drug-likeness (QED) is 0.785. The van der Waals surface area contributed by atoms with Gasteiger partial charge in [0.2, 0.25) is 5.89 Å². The maximum Gasteiger partial charge on any atom is 0.226 e. The first-order valence-corrected chi connectivity index (χ1v) is 8.26. The fraction of sp³-hybridized carbons (Fsp3) is 0.333. The Morgan fingerprint density at radius 1 is 1.08 bits per heavy atom. The molecule has 2 aromatic heterocycles. The predicted octanol–water partition coefficient (Wildman–Crippen LogP) is 1.90. The standard InChI is InChI=1S/C18H17N3O4/c22-14-10-24-15-13(9-23-16(14)15)21-7-6-19-17(21)12-8-25-18(20-12)11-4-2-1-3-5-11/h1-8,13-16,22H,9-10H2/t13-,14+,15+,16+/m0/s1. The van der Waals surface area contributed by atoms with Gasteiger partial charge in [0.25, 0.3) is 0 Å². The number of aliphatic hydroxyl groups is 1. The molecule has 4 atom stereocenters. The van der Waals surface area contributed by atoms with Gasteiger partial charge in [0.1, 0.15) is 30.3 Å². The Bertz CT molecular complexity index is 875. The SMILES string of the molecule is O[C@@H]1CO[C@H]2[C@@H]1OC[C@@H]2n1ccnc1-c1coc(-c2ccccc2)n1. The van der Waals surface area contributed by atoms with Gasteiger partial charge in [-0.25, -0.2) is 9.97 Å². The highest BCUT2D eigenvalue weighted by atomic mass is 16.6. The number of rotatable bonds is 3. The molecule has 0 amide bonds. The van der Waals surface area contributed by atoms with Crippen LogP contribution < -0.4 is 0 Å². The van der Waals surface area contributed by atoms with E-state index in [0.717, 1.165) is 5.56 Å². The van der Waals surface area contributed by atoms with Crippen LogP contribution in [0.1, 0.15) is 6.04 Å². The Labute approximate surface area is 143 Å². The second-order valence-corrected chi connectivity index (χ2v) is 6.29. The minimum absolute atomic E-state index is 0.0449. The molecule has 2 aliphatic rings. The molecule has 5 rings (SSSR count). The molecule has 1 aromatic carbocycles. The number of ether oxygens (including phenoxy) is 2. The van der Waals surface area contributed by atoms with Crippen molar-refractivity contribution < 1.29 is 19.0 Å². The third kappa shape index (κ3) is 2.39. The van der Waals surface area contributed by atoms with Gasteiger partial charge in [-0.2, -0.15) is 0 Å². The lowest BCUT2D eigenvalue weighted by molar-refractivity contribution is 0.0172. The Hall–Kier alpha value is -2.48. The van der Waals surface area contributed by atoms with Crippen LogP contribution in [0.5, 0.6) is 0 Å². The third-order valence-corrected chi connectivity index (χ3v) is 4.78. The molecule has 7 nitrogen and oxygen atoms in total. The van der Waals surface area contributed by atoms with Crippen LogP contribution in [0.4, 0.5) is 0 Å². The van der Waals surface area contributed by atoms with Crippen molar-refractivity contribution in [2.45, 2.75) is 24.4 Å². The molecule has 128 valence electrons. The van der Waals surface area contributed by atoms with Gasteiger partial charge < -0.3 is 23.6 Å². The highest BCUT2D eigenvalue weighted by molar-refractivity contribution is 5.58. The summed E-state index contributed by atoms with van der Waals surface area (Å²) in [6, 6.07) is 9.69. The van der Waals surface area contributed by atoms with Gasteiger partial charge >= 0.3 is 0 Å². The second kappa shape index (κ2) is 5.80. The van der Waals surface area contributed by atoms with Crippen LogP contribution in [0.15, 0.2) is 53.4 Å². The Morgan fingerprint density at radius 2 is 1.92 bits per heavy atom. The number of hydrogen-bond donors (Lipinski definition) is 1. The molecule has 4 heterocycles. The summed E-state index contributed by atoms with van der Waals surface area (Å²) in [6.45, 7) is 0.775. The van der Waals surface area contributed by atoms with Gasteiger partial charge in [0.05, 0.1) is 19.3 Å². The molecule has 0 saturated carbocycles. The zero-order valence-electron chi connectivity index (χ0n) is 13.4. The van der Waals surface area contributed by atoms with E-state index in [1.807, 2.05) is 41.1 Å². The van der Waals surface area contributed by atoms with Gasteiger partial charge in [-0.1, -0.05) is 18.2 Å². The van der Waals surface area contributed by atoms with Gasteiger partial charge in [0.15, 0.2) is 5.82 Å². The summed E-state index contributed by atoms with van der Waals surface area (Å²) in [6.07, 6.45) is 4.19. The van der Waals surface area contributed by atoms with E-state index in [-0.39, 0.29) is 18.2 Å². The smallest absolute Gasteiger partial charge is 0.226 e. The minimum Gasteiger partial charge on any atom is -0.444 e. The van der Waals surface area contributed by atoms with Crippen LogP contribution in [0, 0.1) is 0 Å². The molecule has 0 spiro atoms. The summed E-state index contributed by atoms with van der Waals surface area (Å²) in [4.78, 5) is 9.01. The molecular weight excluding hydrogens is 322 g/mol. The topological polar surface area (TPSA) is 82.5 Å². The van der Waals surface area contributed by atoms with E-state index in [2.05, 4.69) is 9.97 Å². The molecule has 3 aromatic rings. The van der Waals surface area contributed by atoms with Crippen molar-refractivity contribution >= 4 is 0 Å². The van der Waals surface area contributed by atoms with E-state index in [4.69, 9.17) is 13.9 Å². The molecule has 0 unspecified atom stereocenters. The van der Waals surface area contributed by atoms with E-state index in [0.29, 0.717) is 30.6 Å². The maximum atomic E-state index is 9.93. The fourth-order valence-electron chi connectivity index (χ4n) is 3.57. The Morgan fingerprint density at radius 3 is 2.80 bits per heavy atom. The van der Waals surface area contributed by atoms with Gasteiger partial charge in [-0.05, 0) is 12.1 Å². The summed E-state index contributed by atoms with van der Waals surface area (Å²) in [7, 11) is 0. The van der Waals surface area contributed by atoms with Crippen molar-refractivity contribution in [2.24, 2.45) is 0 Å². The van der Waals surface area contributed by atoms with Crippen molar-refractivity contribution in [3.63, 3.8) is 0 Å². The molecule has 25 heavy (non-hydrogen) atoms. The van der Waals surface area contributed by atoms with Crippen LogP contribution in [0.2, 0.25) is 0 Å². The summed E-state index contributed by atoms with van der Waals surface area (Å²) in [5.41, 5.74) is 1.57. The molecule has 0 aliphatic carbocycles. The molecule has 0 radical (unpaired) electrons. The lowest BCUT2D eigenvalue weighted by Crippen LogP contribution is -2.30. The number of hydrogen-bond acceptors (Lipinski definition) is 6. The molecule has 1 N–H and O–H groups in total. The summed E-state index contributed by atoms with van der Waals surface area (Å²) >= 11 is 0. The van der Waals surface area contributed by atoms with E-state index in [1.165, 1.54) is 0 Å². The van der Waals surface area contributed by atoms with E-state index < -0.39 is 6.10 Å². The first-order chi connectivity index (χ1) is 12.3. The highest BCUT2D eigenvalue weighted by Crippen LogP contribution is 2.36. The lowest BCUT2D eigenvalue weighted by atomic mass is 10.1. The van der Waals surface area contributed by atoms with Crippen LogP contribution >= 0.6 is 0 Å². The number of benzene rings is 1. The third-order valence-electron chi connectivity index (χ3n) is 4.78. The van der Waals surface area contributed by atoms with Gasteiger partial charge in [0, 0.05) is 18.0 Å². The number of fused-ring (bicyclic) bond motifs is 1.